The van der Waals surface area contributed by atoms with Crippen molar-refractivity contribution in [2.75, 3.05) is 5.32 Å². The summed E-state index contributed by atoms with van der Waals surface area (Å²) >= 11 is 0. The normalized spacial score (nSPS) is 21.7. The molecule has 2 aliphatic carbocycles. The summed E-state index contributed by atoms with van der Waals surface area (Å²) in [5, 5.41) is 3.48. The molecule has 1 aromatic heterocycles. The van der Waals surface area contributed by atoms with Gasteiger partial charge in [-0.3, -0.25) is 4.79 Å². The predicted molar refractivity (Wildman–Crippen MR) is 76.6 cm³/mol. The van der Waals surface area contributed by atoms with Gasteiger partial charge in [0.05, 0.1) is 0 Å². The number of anilines is 1. The van der Waals surface area contributed by atoms with Crippen molar-refractivity contribution in [3.63, 3.8) is 0 Å². The number of aromatic amines is 1. The van der Waals surface area contributed by atoms with Crippen molar-refractivity contribution in [3.05, 3.63) is 22.2 Å². The third-order valence-corrected chi connectivity index (χ3v) is 4.18. The molecule has 0 spiro atoms. The molecule has 19 heavy (non-hydrogen) atoms. The van der Waals surface area contributed by atoms with Gasteiger partial charge in [-0.15, -0.1) is 0 Å². The van der Waals surface area contributed by atoms with Crippen LogP contribution in [0.4, 0.5) is 5.82 Å². The summed E-state index contributed by atoms with van der Waals surface area (Å²) in [5.74, 6) is 2.14. The molecule has 1 heterocycles. The molecule has 104 valence electrons. The summed E-state index contributed by atoms with van der Waals surface area (Å²) in [6, 6.07) is 2.09. The van der Waals surface area contributed by atoms with Crippen molar-refractivity contribution in [1.29, 1.82) is 0 Å². The molecule has 0 radical (unpaired) electrons. The monoisotopic (exact) mass is 261 g/mol. The molecule has 4 nitrogen and oxygen atoms in total. The van der Waals surface area contributed by atoms with Gasteiger partial charge in [0.2, 0.25) is 0 Å². The van der Waals surface area contributed by atoms with Crippen LogP contribution in [-0.4, -0.2) is 16.0 Å². The van der Waals surface area contributed by atoms with Crippen molar-refractivity contribution in [1.82, 2.24) is 9.97 Å². The van der Waals surface area contributed by atoms with Gasteiger partial charge < -0.3 is 10.3 Å². The van der Waals surface area contributed by atoms with Crippen LogP contribution >= 0.6 is 0 Å². The molecule has 1 aromatic rings. The van der Waals surface area contributed by atoms with Crippen molar-refractivity contribution in [2.24, 2.45) is 0 Å². The topological polar surface area (TPSA) is 57.8 Å². The lowest BCUT2D eigenvalue weighted by atomic mass is 9.97. The fourth-order valence-electron chi connectivity index (χ4n) is 2.91. The van der Waals surface area contributed by atoms with Crippen LogP contribution in [0.3, 0.4) is 0 Å². The maximum absolute atomic E-state index is 11.7. The van der Waals surface area contributed by atoms with Crippen LogP contribution in [0.25, 0.3) is 0 Å². The highest BCUT2D eigenvalue weighted by molar-refractivity contribution is 5.35. The Morgan fingerprint density at radius 1 is 1.05 bits per heavy atom. The van der Waals surface area contributed by atoms with Crippen LogP contribution in [-0.2, 0) is 0 Å². The zero-order chi connectivity index (χ0) is 13.1. The van der Waals surface area contributed by atoms with Gasteiger partial charge in [-0.05, 0) is 25.7 Å². The molecule has 0 aromatic carbocycles. The number of hydrogen-bond acceptors (Lipinski definition) is 3. The molecule has 0 unspecified atom stereocenters. The van der Waals surface area contributed by atoms with Crippen LogP contribution in [0.15, 0.2) is 10.9 Å². The Kier molecular flexibility index (Phi) is 3.85. The van der Waals surface area contributed by atoms with Gasteiger partial charge in [-0.25, -0.2) is 4.98 Å². The minimum atomic E-state index is -0.0229. The quantitative estimate of drug-likeness (QED) is 0.878. The van der Waals surface area contributed by atoms with Gasteiger partial charge in [0, 0.05) is 18.0 Å². The average molecular weight is 261 g/mol. The standard InChI is InChI=1S/C15H23N3O/c19-14-10-13(17-15(18-14)11-8-9-11)16-12-6-4-2-1-3-5-7-12/h10-12H,1-9H2,(H2,16,17,18,19). The first kappa shape index (κ1) is 12.7. The van der Waals surface area contributed by atoms with E-state index in [9.17, 15) is 4.79 Å². The Bertz CT molecular complexity index is 471. The van der Waals surface area contributed by atoms with Crippen LogP contribution in [0.1, 0.15) is 69.5 Å². The summed E-state index contributed by atoms with van der Waals surface area (Å²) in [5.41, 5.74) is -0.0229. The molecular formula is C15H23N3O. The van der Waals surface area contributed by atoms with Crippen LogP contribution in [0.5, 0.6) is 0 Å². The molecule has 0 saturated heterocycles. The third-order valence-electron chi connectivity index (χ3n) is 4.18. The van der Waals surface area contributed by atoms with E-state index in [0.29, 0.717) is 12.0 Å². The van der Waals surface area contributed by atoms with E-state index >= 15 is 0 Å². The van der Waals surface area contributed by atoms with Crippen LogP contribution in [0.2, 0.25) is 0 Å². The second kappa shape index (κ2) is 5.76. The van der Waals surface area contributed by atoms with E-state index in [4.69, 9.17) is 0 Å². The van der Waals surface area contributed by atoms with E-state index in [-0.39, 0.29) is 5.56 Å². The number of hydrogen-bond donors (Lipinski definition) is 2. The van der Waals surface area contributed by atoms with E-state index in [0.717, 1.165) is 24.5 Å². The number of H-pyrrole nitrogens is 1. The zero-order valence-corrected chi connectivity index (χ0v) is 11.5. The minimum absolute atomic E-state index is 0.0229. The summed E-state index contributed by atoms with van der Waals surface area (Å²) in [4.78, 5) is 19.1. The van der Waals surface area contributed by atoms with Gasteiger partial charge in [-0.1, -0.05) is 32.1 Å². The largest absolute Gasteiger partial charge is 0.367 e. The Balaban J connectivity index is 1.68. The molecule has 0 atom stereocenters. The van der Waals surface area contributed by atoms with Gasteiger partial charge >= 0.3 is 0 Å². The average Bonchev–Trinajstić information content (AvgIpc) is 3.15. The highest BCUT2D eigenvalue weighted by Crippen LogP contribution is 2.37. The van der Waals surface area contributed by atoms with Crippen molar-refractivity contribution in [3.8, 4) is 0 Å². The van der Waals surface area contributed by atoms with Crippen LogP contribution < -0.4 is 10.9 Å². The van der Waals surface area contributed by atoms with E-state index < -0.39 is 0 Å². The van der Waals surface area contributed by atoms with Gasteiger partial charge in [0.15, 0.2) is 0 Å². The van der Waals surface area contributed by atoms with Crippen molar-refractivity contribution < 1.29 is 0 Å². The lowest BCUT2D eigenvalue weighted by molar-refractivity contribution is 0.470. The lowest BCUT2D eigenvalue weighted by Gasteiger charge is -2.21. The van der Waals surface area contributed by atoms with Crippen molar-refractivity contribution in [2.45, 2.75) is 69.7 Å². The van der Waals surface area contributed by atoms with Gasteiger partial charge in [0.1, 0.15) is 11.6 Å². The zero-order valence-electron chi connectivity index (χ0n) is 11.5. The molecule has 2 aliphatic rings. The Hall–Kier alpha value is -1.32. The first-order chi connectivity index (χ1) is 9.31. The van der Waals surface area contributed by atoms with Crippen molar-refractivity contribution >= 4 is 5.82 Å². The third kappa shape index (κ3) is 3.58. The van der Waals surface area contributed by atoms with E-state index in [1.807, 2.05) is 0 Å². The second-order valence-electron chi connectivity index (χ2n) is 5.98. The Morgan fingerprint density at radius 2 is 1.74 bits per heavy atom. The number of rotatable bonds is 3. The molecule has 0 aliphatic heterocycles. The summed E-state index contributed by atoms with van der Waals surface area (Å²) in [6.45, 7) is 0. The maximum atomic E-state index is 11.7. The molecule has 2 N–H and O–H groups in total. The maximum Gasteiger partial charge on any atom is 0.252 e. The summed E-state index contributed by atoms with van der Waals surface area (Å²) < 4.78 is 0. The fraction of sp³-hybridized carbons (Fsp3) is 0.733. The lowest BCUT2D eigenvalue weighted by Crippen LogP contribution is -2.23. The van der Waals surface area contributed by atoms with E-state index in [1.54, 1.807) is 6.07 Å². The highest BCUT2D eigenvalue weighted by Gasteiger charge is 2.26. The fourth-order valence-corrected chi connectivity index (χ4v) is 2.91. The molecule has 2 saturated carbocycles. The number of aromatic nitrogens is 2. The van der Waals surface area contributed by atoms with E-state index in [2.05, 4.69) is 15.3 Å². The molecular weight excluding hydrogens is 238 g/mol. The first-order valence-electron chi connectivity index (χ1n) is 7.69. The van der Waals surface area contributed by atoms with E-state index in [1.165, 1.54) is 44.9 Å². The Labute approximate surface area is 114 Å². The minimum Gasteiger partial charge on any atom is -0.367 e. The SMILES string of the molecule is O=c1cc(NC2CCCCCCC2)nc(C2CC2)[nH]1. The second-order valence-corrected chi connectivity index (χ2v) is 5.98. The van der Waals surface area contributed by atoms with Gasteiger partial charge in [-0.2, -0.15) is 0 Å². The molecule has 2 fully saturated rings. The molecule has 4 heteroatoms. The first-order valence-corrected chi connectivity index (χ1v) is 7.69. The number of nitrogens with zero attached hydrogens (tertiary/aromatic N) is 1. The molecule has 0 amide bonds. The smallest absolute Gasteiger partial charge is 0.252 e. The summed E-state index contributed by atoms with van der Waals surface area (Å²) in [7, 11) is 0. The highest BCUT2D eigenvalue weighted by atomic mass is 16.1. The molecule has 0 bridgehead atoms. The van der Waals surface area contributed by atoms with Gasteiger partial charge in [0.25, 0.3) is 5.56 Å². The predicted octanol–water partition coefficient (Wildman–Crippen LogP) is 3.17. The number of nitrogens with one attached hydrogen (secondary N) is 2. The summed E-state index contributed by atoms with van der Waals surface area (Å²) in [6.07, 6.45) is 11.4. The molecule has 3 rings (SSSR count). The van der Waals surface area contributed by atoms with Crippen LogP contribution in [0, 0.1) is 0 Å². The Morgan fingerprint density at radius 3 is 2.42 bits per heavy atom.